The van der Waals surface area contributed by atoms with Crippen molar-refractivity contribution in [2.75, 3.05) is 33.3 Å². The largest absolute Gasteiger partial charge is 0.494 e. The van der Waals surface area contributed by atoms with Crippen LogP contribution in [0.3, 0.4) is 0 Å². The second-order valence-corrected chi connectivity index (χ2v) is 5.00. The first-order valence-electron chi connectivity index (χ1n) is 6.91. The molecule has 6 heteroatoms. The molecule has 0 atom stereocenters. The molecular formula is C15H19FN2O3. The zero-order valence-electron chi connectivity index (χ0n) is 12.3. The molecule has 0 aliphatic carbocycles. The number of carbonyl (C=O) groups excluding carboxylic acids is 2. The summed E-state index contributed by atoms with van der Waals surface area (Å²) in [6, 6.07) is 4.19. The summed E-state index contributed by atoms with van der Waals surface area (Å²) >= 11 is 0. The number of ether oxygens (including phenoxy) is 1. The molecule has 21 heavy (non-hydrogen) atoms. The van der Waals surface area contributed by atoms with Gasteiger partial charge in [-0.3, -0.25) is 9.59 Å². The number of halogens is 1. The number of carbonyl (C=O) groups is 2. The number of methoxy groups -OCH3 is 1. The van der Waals surface area contributed by atoms with Crippen LogP contribution < -0.4 is 4.74 Å². The van der Waals surface area contributed by atoms with Crippen molar-refractivity contribution in [2.24, 2.45) is 0 Å². The van der Waals surface area contributed by atoms with Crippen molar-refractivity contribution in [2.45, 2.75) is 13.3 Å². The van der Waals surface area contributed by atoms with Crippen molar-refractivity contribution in [1.29, 1.82) is 0 Å². The summed E-state index contributed by atoms with van der Waals surface area (Å²) in [4.78, 5) is 27.1. The normalized spacial score (nSPS) is 15.6. The van der Waals surface area contributed by atoms with Crippen LogP contribution >= 0.6 is 0 Å². The third kappa shape index (κ3) is 3.51. The van der Waals surface area contributed by atoms with Crippen LogP contribution in [-0.4, -0.2) is 54.9 Å². The predicted octanol–water partition coefficient (Wildman–Crippen LogP) is 1.53. The summed E-state index contributed by atoms with van der Waals surface area (Å²) in [5, 5.41) is 0. The number of benzene rings is 1. The zero-order valence-corrected chi connectivity index (χ0v) is 12.3. The molecule has 1 aliphatic rings. The van der Waals surface area contributed by atoms with E-state index in [0.717, 1.165) is 6.42 Å². The molecular weight excluding hydrogens is 275 g/mol. The maximum absolute atomic E-state index is 13.7. The lowest BCUT2D eigenvalue weighted by molar-refractivity contribution is -0.128. The summed E-state index contributed by atoms with van der Waals surface area (Å²) < 4.78 is 18.5. The van der Waals surface area contributed by atoms with Gasteiger partial charge in [0.25, 0.3) is 5.91 Å². The molecule has 1 saturated heterocycles. The van der Waals surface area contributed by atoms with Crippen molar-refractivity contribution in [3.8, 4) is 5.75 Å². The topological polar surface area (TPSA) is 49.9 Å². The van der Waals surface area contributed by atoms with Crippen LogP contribution in [-0.2, 0) is 4.79 Å². The lowest BCUT2D eigenvalue weighted by Gasteiger charge is -2.21. The minimum Gasteiger partial charge on any atom is -0.494 e. The minimum absolute atomic E-state index is 0.0137. The van der Waals surface area contributed by atoms with Crippen LogP contribution in [0.2, 0.25) is 0 Å². The van der Waals surface area contributed by atoms with E-state index in [1.165, 1.54) is 26.2 Å². The van der Waals surface area contributed by atoms with E-state index < -0.39 is 5.82 Å². The fourth-order valence-electron chi connectivity index (χ4n) is 2.42. The van der Waals surface area contributed by atoms with Crippen LogP contribution in [0, 0.1) is 5.82 Å². The van der Waals surface area contributed by atoms with E-state index in [4.69, 9.17) is 4.74 Å². The Morgan fingerprint density at radius 1 is 1.14 bits per heavy atom. The molecule has 1 fully saturated rings. The van der Waals surface area contributed by atoms with Gasteiger partial charge in [0.05, 0.1) is 7.11 Å². The van der Waals surface area contributed by atoms with Gasteiger partial charge in [0, 0.05) is 38.7 Å². The quantitative estimate of drug-likeness (QED) is 0.831. The van der Waals surface area contributed by atoms with E-state index in [1.807, 2.05) is 0 Å². The van der Waals surface area contributed by atoms with Crippen molar-refractivity contribution in [3.05, 3.63) is 29.6 Å². The Kier molecular flexibility index (Phi) is 4.77. The van der Waals surface area contributed by atoms with Crippen molar-refractivity contribution in [3.63, 3.8) is 0 Å². The molecule has 0 bridgehead atoms. The minimum atomic E-state index is -0.552. The molecule has 2 amide bonds. The molecule has 2 rings (SSSR count). The monoisotopic (exact) mass is 294 g/mol. The molecule has 1 heterocycles. The van der Waals surface area contributed by atoms with Gasteiger partial charge in [-0.2, -0.15) is 0 Å². The third-order valence-corrected chi connectivity index (χ3v) is 3.63. The van der Waals surface area contributed by atoms with Crippen LogP contribution in [0.5, 0.6) is 5.75 Å². The summed E-state index contributed by atoms with van der Waals surface area (Å²) in [5.74, 6) is -0.643. The van der Waals surface area contributed by atoms with Crippen molar-refractivity contribution < 1.29 is 18.7 Å². The highest BCUT2D eigenvalue weighted by atomic mass is 19.1. The highest BCUT2D eigenvalue weighted by Gasteiger charge is 2.22. The summed E-state index contributed by atoms with van der Waals surface area (Å²) in [6.07, 6.45) is 0.726. The lowest BCUT2D eigenvalue weighted by atomic mass is 10.1. The van der Waals surface area contributed by atoms with Gasteiger partial charge in [0.2, 0.25) is 5.91 Å². The number of rotatable bonds is 2. The average molecular weight is 294 g/mol. The Labute approximate surface area is 123 Å². The SMILES string of the molecule is COc1ccc(C(=O)N2CCCN(C(C)=O)CC2)cc1F. The Balaban J connectivity index is 2.09. The smallest absolute Gasteiger partial charge is 0.254 e. The maximum Gasteiger partial charge on any atom is 0.254 e. The first-order chi connectivity index (χ1) is 10.0. The molecule has 0 unspecified atom stereocenters. The van der Waals surface area contributed by atoms with Crippen molar-refractivity contribution >= 4 is 11.8 Å². The fraction of sp³-hybridized carbons (Fsp3) is 0.467. The Hall–Kier alpha value is -2.11. The second-order valence-electron chi connectivity index (χ2n) is 5.00. The lowest BCUT2D eigenvalue weighted by Crippen LogP contribution is -2.36. The molecule has 0 N–H and O–H groups in total. The van der Waals surface area contributed by atoms with Gasteiger partial charge in [-0.1, -0.05) is 0 Å². The molecule has 0 aromatic heterocycles. The molecule has 114 valence electrons. The number of nitrogens with zero attached hydrogens (tertiary/aromatic N) is 2. The number of hydrogen-bond acceptors (Lipinski definition) is 3. The van der Waals surface area contributed by atoms with Crippen LogP contribution in [0.1, 0.15) is 23.7 Å². The first-order valence-corrected chi connectivity index (χ1v) is 6.91. The van der Waals surface area contributed by atoms with E-state index in [0.29, 0.717) is 31.7 Å². The van der Waals surface area contributed by atoms with Gasteiger partial charge < -0.3 is 14.5 Å². The molecule has 5 nitrogen and oxygen atoms in total. The fourth-order valence-corrected chi connectivity index (χ4v) is 2.42. The van der Waals surface area contributed by atoms with Gasteiger partial charge >= 0.3 is 0 Å². The third-order valence-electron chi connectivity index (χ3n) is 3.63. The van der Waals surface area contributed by atoms with Crippen LogP contribution in [0.4, 0.5) is 4.39 Å². The summed E-state index contributed by atoms with van der Waals surface area (Å²) in [6.45, 7) is 3.72. The molecule has 1 aromatic rings. The number of hydrogen-bond donors (Lipinski definition) is 0. The maximum atomic E-state index is 13.7. The molecule has 1 aromatic carbocycles. The van der Waals surface area contributed by atoms with Gasteiger partial charge in [0.15, 0.2) is 11.6 Å². The van der Waals surface area contributed by atoms with Gasteiger partial charge in [-0.05, 0) is 24.6 Å². The van der Waals surface area contributed by atoms with Gasteiger partial charge in [-0.15, -0.1) is 0 Å². The standard InChI is InChI=1S/C15H19FN2O3/c1-11(19)17-6-3-7-18(9-8-17)15(20)12-4-5-14(21-2)13(16)10-12/h4-5,10H,3,6-9H2,1-2H3. The highest BCUT2D eigenvalue weighted by Crippen LogP contribution is 2.19. The van der Waals surface area contributed by atoms with Crippen LogP contribution in [0.15, 0.2) is 18.2 Å². The second kappa shape index (κ2) is 6.56. The van der Waals surface area contributed by atoms with E-state index in [-0.39, 0.29) is 17.6 Å². The van der Waals surface area contributed by atoms with Crippen molar-refractivity contribution in [1.82, 2.24) is 9.80 Å². The molecule has 1 aliphatic heterocycles. The number of amides is 2. The van der Waals surface area contributed by atoms with E-state index in [1.54, 1.807) is 15.9 Å². The Morgan fingerprint density at radius 3 is 2.43 bits per heavy atom. The predicted molar refractivity (Wildman–Crippen MR) is 75.7 cm³/mol. The zero-order chi connectivity index (χ0) is 15.4. The summed E-state index contributed by atoms with van der Waals surface area (Å²) in [7, 11) is 1.38. The molecule has 0 spiro atoms. The Morgan fingerprint density at radius 2 is 1.81 bits per heavy atom. The van der Waals surface area contributed by atoms with Gasteiger partial charge in [0.1, 0.15) is 0 Å². The average Bonchev–Trinajstić information content (AvgIpc) is 2.72. The van der Waals surface area contributed by atoms with E-state index in [2.05, 4.69) is 0 Å². The van der Waals surface area contributed by atoms with E-state index in [9.17, 15) is 14.0 Å². The molecule has 0 radical (unpaired) electrons. The van der Waals surface area contributed by atoms with E-state index >= 15 is 0 Å². The Bertz CT molecular complexity index is 548. The molecule has 0 saturated carbocycles. The van der Waals surface area contributed by atoms with Crippen LogP contribution in [0.25, 0.3) is 0 Å². The van der Waals surface area contributed by atoms with Gasteiger partial charge in [-0.25, -0.2) is 4.39 Å². The first kappa shape index (κ1) is 15.3. The highest BCUT2D eigenvalue weighted by molar-refractivity contribution is 5.94. The summed E-state index contributed by atoms with van der Waals surface area (Å²) in [5.41, 5.74) is 0.296.